The fourth-order valence-electron chi connectivity index (χ4n) is 5.50. The number of hydrogen-bond acceptors (Lipinski definition) is 6. The van der Waals surface area contributed by atoms with Crippen molar-refractivity contribution in [1.29, 1.82) is 0 Å². The summed E-state index contributed by atoms with van der Waals surface area (Å²) in [6.07, 6.45) is 4.94. The summed E-state index contributed by atoms with van der Waals surface area (Å²) in [7, 11) is -3.93. The van der Waals surface area contributed by atoms with E-state index in [-0.39, 0.29) is 11.8 Å². The maximum absolute atomic E-state index is 13.9. The van der Waals surface area contributed by atoms with E-state index < -0.39 is 50.3 Å². The molecule has 1 N–H and O–H groups in total. The predicted octanol–water partition coefficient (Wildman–Crippen LogP) is 2.90. The molecule has 0 aromatic heterocycles. The summed E-state index contributed by atoms with van der Waals surface area (Å²) in [5.74, 6) is -2.45. The standard InChI is InChI=1S/C23H33N3O6S/c1-23(2,3)17-19(26(29)30)18(15-11-7-5-8-12-15)25(20(17)21(27)24-33(4,31)32)22(28)16-13-9-6-10-14-16/h5,7-8,11-12,16-20H,6,9-10,13-14H2,1-4H3,(H,24,27)/t17-,18-,19-,20-/m1/s1. The number of amides is 2. The van der Waals surface area contributed by atoms with Crippen LogP contribution in [-0.4, -0.2) is 48.4 Å². The van der Waals surface area contributed by atoms with Crippen molar-refractivity contribution in [3.8, 4) is 0 Å². The van der Waals surface area contributed by atoms with Gasteiger partial charge in [0, 0.05) is 10.8 Å². The van der Waals surface area contributed by atoms with Crippen molar-refractivity contribution in [3.05, 3.63) is 46.0 Å². The number of likely N-dealkylation sites (tertiary alicyclic amines) is 1. The Kier molecular flexibility index (Phi) is 7.16. The van der Waals surface area contributed by atoms with Gasteiger partial charge in [0.1, 0.15) is 12.1 Å². The van der Waals surface area contributed by atoms with Crippen LogP contribution in [0, 0.1) is 27.4 Å². The van der Waals surface area contributed by atoms with Gasteiger partial charge >= 0.3 is 0 Å². The molecular formula is C23H33N3O6S. The zero-order chi connectivity index (χ0) is 24.6. The van der Waals surface area contributed by atoms with Gasteiger partial charge in [-0.2, -0.15) is 0 Å². The van der Waals surface area contributed by atoms with E-state index >= 15 is 0 Å². The van der Waals surface area contributed by atoms with Gasteiger partial charge in [-0.05, 0) is 23.8 Å². The lowest BCUT2D eigenvalue weighted by Gasteiger charge is -2.36. The van der Waals surface area contributed by atoms with Crippen LogP contribution in [0.5, 0.6) is 0 Å². The van der Waals surface area contributed by atoms with Crippen LogP contribution in [0.15, 0.2) is 30.3 Å². The summed E-state index contributed by atoms with van der Waals surface area (Å²) in [4.78, 5) is 40.6. The van der Waals surface area contributed by atoms with Crippen LogP contribution < -0.4 is 4.72 Å². The third-order valence-corrected chi connectivity index (χ3v) is 7.35. The molecule has 1 aliphatic carbocycles. The first-order valence-electron chi connectivity index (χ1n) is 11.3. The van der Waals surface area contributed by atoms with Gasteiger partial charge in [0.2, 0.25) is 22.0 Å². The van der Waals surface area contributed by atoms with E-state index in [2.05, 4.69) is 0 Å². The van der Waals surface area contributed by atoms with Crippen LogP contribution in [0.2, 0.25) is 0 Å². The van der Waals surface area contributed by atoms with Crippen molar-refractivity contribution in [2.24, 2.45) is 17.3 Å². The average Bonchev–Trinajstić information content (AvgIpc) is 3.10. The van der Waals surface area contributed by atoms with E-state index in [0.717, 1.165) is 25.5 Å². The lowest BCUT2D eigenvalue weighted by Crippen LogP contribution is -2.53. The van der Waals surface area contributed by atoms with E-state index in [4.69, 9.17) is 0 Å². The smallest absolute Gasteiger partial charge is 0.256 e. The summed E-state index contributed by atoms with van der Waals surface area (Å²) in [6, 6.07) is 5.18. The van der Waals surface area contributed by atoms with Gasteiger partial charge in [-0.15, -0.1) is 0 Å². The molecule has 1 aliphatic heterocycles. The number of rotatable bonds is 5. The Morgan fingerprint density at radius 2 is 1.67 bits per heavy atom. The monoisotopic (exact) mass is 479 g/mol. The molecule has 1 saturated carbocycles. The third-order valence-electron chi connectivity index (χ3n) is 6.78. The molecule has 0 radical (unpaired) electrons. The molecule has 0 unspecified atom stereocenters. The Hall–Kier alpha value is -2.49. The third kappa shape index (κ3) is 5.37. The van der Waals surface area contributed by atoms with Crippen molar-refractivity contribution in [2.75, 3.05) is 6.26 Å². The van der Waals surface area contributed by atoms with Crippen LogP contribution >= 0.6 is 0 Å². The maximum atomic E-state index is 13.9. The number of sulfonamides is 1. The Bertz CT molecular complexity index is 999. The molecule has 9 nitrogen and oxygen atoms in total. The molecule has 0 bridgehead atoms. The van der Waals surface area contributed by atoms with Crippen LogP contribution in [0.4, 0.5) is 0 Å². The molecule has 33 heavy (non-hydrogen) atoms. The van der Waals surface area contributed by atoms with Gasteiger partial charge in [0.05, 0.1) is 12.2 Å². The van der Waals surface area contributed by atoms with E-state index in [1.54, 1.807) is 51.1 Å². The minimum absolute atomic E-state index is 0.309. The van der Waals surface area contributed by atoms with Crippen molar-refractivity contribution < 1.29 is 22.9 Å². The summed E-state index contributed by atoms with van der Waals surface area (Å²) < 4.78 is 25.9. The molecule has 0 spiro atoms. The number of nitro groups is 1. The molecule has 2 aliphatic rings. The summed E-state index contributed by atoms with van der Waals surface area (Å²) in [5, 5.41) is 12.5. The second kappa shape index (κ2) is 9.40. The molecule has 1 aromatic carbocycles. The summed E-state index contributed by atoms with van der Waals surface area (Å²) in [5.41, 5.74) is -0.196. The van der Waals surface area contributed by atoms with Gasteiger partial charge in [-0.25, -0.2) is 8.42 Å². The molecule has 182 valence electrons. The largest absolute Gasteiger partial charge is 0.316 e. The van der Waals surface area contributed by atoms with E-state index in [9.17, 15) is 28.1 Å². The molecule has 2 fully saturated rings. The SMILES string of the molecule is CC(C)(C)[C@@H]1[C@@H]([N+](=O)[O-])[C@@H](c2ccccc2)N(C(=O)C2CCCCC2)[C@H]1C(=O)NS(C)(=O)=O. The predicted molar refractivity (Wildman–Crippen MR) is 123 cm³/mol. The molecular weight excluding hydrogens is 446 g/mol. The first-order valence-corrected chi connectivity index (χ1v) is 13.2. The Balaban J connectivity index is 2.22. The normalized spacial score (nSPS) is 26.7. The number of carbonyl (C=O) groups is 2. The Morgan fingerprint density at radius 3 is 2.15 bits per heavy atom. The first-order chi connectivity index (χ1) is 15.3. The van der Waals surface area contributed by atoms with E-state index in [0.29, 0.717) is 18.4 Å². The van der Waals surface area contributed by atoms with Crippen LogP contribution in [0.1, 0.15) is 64.5 Å². The van der Waals surface area contributed by atoms with Crippen LogP contribution in [0.25, 0.3) is 0 Å². The number of nitrogens with one attached hydrogen (secondary N) is 1. The molecule has 2 amide bonds. The molecule has 4 atom stereocenters. The average molecular weight is 480 g/mol. The number of nitrogens with zero attached hydrogens (tertiary/aromatic N) is 2. The topological polar surface area (TPSA) is 127 Å². The van der Waals surface area contributed by atoms with E-state index in [1.807, 2.05) is 4.72 Å². The number of carbonyl (C=O) groups excluding carboxylic acids is 2. The van der Waals surface area contributed by atoms with Crippen molar-refractivity contribution >= 4 is 21.8 Å². The fraction of sp³-hybridized carbons (Fsp3) is 0.652. The molecule has 3 rings (SSSR count). The minimum Gasteiger partial charge on any atom is -0.316 e. The maximum Gasteiger partial charge on any atom is 0.256 e. The van der Waals surface area contributed by atoms with Crippen LogP contribution in [0.3, 0.4) is 0 Å². The summed E-state index contributed by atoms with van der Waals surface area (Å²) in [6.45, 7) is 5.35. The van der Waals surface area contributed by atoms with Gasteiger partial charge < -0.3 is 4.90 Å². The Morgan fingerprint density at radius 1 is 1.09 bits per heavy atom. The van der Waals surface area contributed by atoms with E-state index in [1.165, 1.54) is 4.90 Å². The highest BCUT2D eigenvalue weighted by atomic mass is 32.2. The quantitative estimate of drug-likeness (QED) is 0.511. The fourth-order valence-corrected chi connectivity index (χ4v) is 5.99. The lowest BCUT2D eigenvalue weighted by molar-refractivity contribution is -0.536. The molecule has 10 heteroatoms. The second-order valence-electron chi connectivity index (χ2n) is 10.3. The van der Waals surface area contributed by atoms with Crippen molar-refractivity contribution in [3.63, 3.8) is 0 Å². The van der Waals surface area contributed by atoms with Gasteiger partial charge in [0.15, 0.2) is 0 Å². The van der Waals surface area contributed by atoms with Crippen molar-refractivity contribution in [1.82, 2.24) is 9.62 Å². The highest BCUT2D eigenvalue weighted by Gasteiger charge is 2.64. The highest BCUT2D eigenvalue weighted by Crippen LogP contribution is 2.50. The Labute approximate surface area is 195 Å². The van der Waals surface area contributed by atoms with Crippen molar-refractivity contribution in [2.45, 2.75) is 71.0 Å². The van der Waals surface area contributed by atoms with Gasteiger partial charge in [-0.3, -0.25) is 24.4 Å². The molecule has 1 saturated heterocycles. The zero-order valence-electron chi connectivity index (χ0n) is 19.6. The lowest BCUT2D eigenvalue weighted by atomic mass is 9.72. The summed E-state index contributed by atoms with van der Waals surface area (Å²) >= 11 is 0. The highest BCUT2D eigenvalue weighted by molar-refractivity contribution is 7.89. The number of hydrogen-bond donors (Lipinski definition) is 1. The van der Waals surface area contributed by atoms with Gasteiger partial charge in [0.25, 0.3) is 5.91 Å². The first kappa shape index (κ1) is 25.1. The molecule has 1 heterocycles. The molecule has 1 aromatic rings. The minimum atomic E-state index is -3.93. The van der Waals surface area contributed by atoms with Gasteiger partial charge in [-0.1, -0.05) is 70.4 Å². The van der Waals surface area contributed by atoms with Crippen LogP contribution in [-0.2, 0) is 19.6 Å². The number of benzene rings is 1. The zero-order valence-corrected chi connectivity index (χ0v) is 20.4. The second-order valence-corrected chi connectivity index (χ2v) is 12.0.